The van der Waals surface area contributed by atoms with E-state index in [-0.39, 0.29) is 5.91 Å². The van der Waals surface area contributed by atoms with Crippen LogP contribution in [0.2, 0.25) is 0 Å². The van der Waals surface area contributed by atoms with Crippen molar-refractivity contribution in [3.05, 3.63) is 65.0 Å². The SMILES string of the molecule is CC(=O)N1CCC(N2CCC(c3cccc(Cc4ccccc4C)n3)CC2)CC1. The molecule has 0 saturated carbocycles. The number of piperidine rings is 2. The largest absolute Gasteiger partial charge is 0.343 e. The lowest BCUT2D eigenvalue weighted by molar-refractivity contribution is -0.130. The van der Waals surface area contributed by atoms with Crippen molar-refractivity contribution >= 4 is 5.91 Å². The topological polar surface area (TPSA) is 36.4 Å². The lowest BCUT2D eigenvalue weighted by Crippen LogP contribution is -2.48. The Morgan fingerprint density at radius 2 is 1.69 bits per heavy atom. The van der Waals surface area contributed by atoms with Crippen molar-refractivity contribution in [2.45, 2.75) is 57.9 Å². The Morgan fingerprint density at radius 3 is 2.38 bits per heavy atom. The van der Waals surface area contributed by atoms with Gasteiger partial charge in [-0.25, -0.2) is 0 Å². The molecule has 0 radical (unpaired) electrons. The number of likely N-dealkylation sites (tertiary alicyclic amines) is 2. The molecule has 1 aromatic heterocycles. The molecule has 0 unspecified atom stereocenters. The van der Waals surface area contributed by atoms with E-state index in [1.807, 2.05) is 4.90 Å². The molecule has 0 aliphatic carbocycles. The number of hydrogen-bond donors (Lipinski definition) is 0. The number of nitrogens with zero attached hydrogens (tertiary/aromatic N) is 3. The highest BCUT2D eigenvalue weighted by molar-refractivity contribution is 5.73. The fourth-order valence-electron chi connectivity index (χ4n) is 4.93. The van der Waals surface area contributed by atoms with E-state index in [1.54, 1.807) is 6.92 Å². The van der Waals surface area contributed by atoms with Crippen LogP contribution in [0.1, 0.15) is 61.0 Å². The van der Waals surface area contributed by atoms with Crippen molar-refractivity contribution < 1.29 is 4.79 Å². The molecule has 2 aromatic rings. The first-order valence-corrected chi connectivity index (χ1v) is 11.1. The van der Waals surface area contributed by atoms with Gasteiger partial charge in [0.25, 0.3) is 0 Å². The van der Waals surface area contributed by atoms with Gasteiger partial charge in [-0.05, 0) is 69.0 Å². The molecule has 0 spiro atoms. The number of aromatic nitrogens is 1. The molecule has 0 N–H and O–H groups in total. The summed E-state index contributed by atoms with van der Waals surface area (Å²) in [6.07, 6.45) is 5.53. The minimum atomic E-state index is 0.221. The van der Waals surface area contributed by atoms with Crippen LogP contribution in [-0.2, 0) is 11.2 Å². The van der Waals surface area contributed by atoms with E-state index in [0.29, 0.717) is 12.0 Å². The molecule has 4 nitrogen and oxygen atoms in total. The second kappa shape index (κ2) is 9.08. The number of benzene rings is 1. The molecular formula is C25H33N3O. The number of aryl methyl sites for hydroxylation is 1. The molecular weight excluding hydrogens is 358 g/mol. The third-order valence-electron chi connectivity index (χ3n) is 6.84. The van der Waals surface area contributed by atoms with Crippen LogP contribution in [0.15, 0.2) is 42.5 Å². The summed E-state index contributed by atoms with van der Waals surface area (Å²) in [6.45, 7) is 8.00. The van der Waals surface area contributed by atoms with Crippen molar-refractivity contribution in [3.8, 4) is 0 Å². The third-order valence-corrected chi connectivity index (χ3v) is 6.84. The van der Waals surface area contributed by atoms with Gasteiger partial charge in [0, 0.05) is 49.8 Å². The number of carbonyl (C=O) groups excluding carboxylic acids is 1. The Morgan fingerprint density at radius 1 is 0.966 bits per heavy atom. The van der Waals surface area contributed by atoms with Crippen molar-refractivity contribution in [3.63, 3.8) is 0 Å². The summed E-state index contributed by atoms with van der Waals surface area (Å²) in [6, 6.07) is 15.8. The highest BCUT2D eigenvalue weighted by Gasteiger charge is 2.29. The lowest BCUT2D eigenvalue weighted by Gasteiger charge is -2.41. The van der Waals surface area contributed by atoms with Crippen molar-refractivity contribution in [2.75, 3.05) is 26.2 Å². The Bertz CT molecular complexity index is 833. The average molecular weight is 392 g/mol. The quantitative estimate of drug-likeness (QED) is 0.785. The smallest absolute Gasteiger partial charge is 0.219 e. The second-order valence-corrected chi connectivity index (χ2v) is 8.70. The Hall–Kier alpha value is -2.20. The molecule has 2 saturated heterocycles. The molecule has 3 heterocycles. The van der Waals surface area contributed by atoms with Crippen LogP contribution in [0.3, 0.4) is 0 Å². The van der Waals surface area contributed by atoms with E-state index < -0.39 is 0 Å². The highest BCUT2D eigenvalue weighted by atomic mass is 16.2. The minimum absolute atomic E-state index is 0.221. The number of pyridine rings is 1. The Kier molecular flexibility index (Phi) is 6.29. The maximum atomic E-state index is 11.5. The Labute approximate surface area is 174 Å². The zero-order valence-corrected chi connectivity index (χ0v) is 17.8. The highest BCUT2D eigenvalue weighted by Crippen LogP contribution is 2.30. The van der Waals surface area contributed by atoms with Crippen molar-refractivity contribution in [1.29, 1.82) is 0 Å². The molecule has 0 bridgehead atoms. The first-order valence-electron chi connectivity index (χ1n) is 11.1. The molecule has 0 atom stereocenters. The van der Waals surface area contributed by atoms with E-state index in [9.17, 15) is 4.79 Å². The molecule has 2 aliphatic rings. The zero-order valence-electron chi connectivity index (χ0n) is 17.8. The van der Waals surface area contributed by atoms with Gasteiger partial charge in [0.1, 0.15) is 0 Å². The number of hydrogen-bond acceptors (Lipinski definition) is 3. The summed E-state index contributed by atoms with van der Waals surface area (Å²) in [5.74, 6) is 0.791. The van der Waals surface area contributed by atoms with Crippen LogP contribution in [0, 0.1) is 6.92 Å². The summed E-state index contributed by atoms with van der Waals surface area (Å²) in [5.41, 5.74) is 5.14. The molecule has 154 valence electrons. The van der Waals surface area contributed by atoms with Gasteiger partial charge < -0.3 is 9.80 Å². The van der Waals surface area contributed by atoms with E-state index in [1.165, 1.54) is 35.4 Å². The van der Waals surface area contributed by atoms with E-state index >= 15 is 0 Å². The van der Waals surface area contributed by atoms with Gasteiger partial charge in [0.15, 0.2) is 0 Å². The van der Waals surface area contributed by atoms with E-state index in [4.69, 9.17) is 4.98 Å². The maximum absolute atomic E-state index is 11.5. The lowest BCUT2D eigenvalue weighted by atomic mass is 9.90. The molecule has 4 heteroatoms. The molecule has 1 amide bonds. The summed E-state index contributed by atoms with van der Waals surface area (Å²) in [7, 11) is 0. The Balaban J connectivity index is 1.33. The summed E-state index contributed by atoms with van der Waals surface area (Å²) in [5, 5.41) is 0. The third kappa shape index (κ3) is 4.87. The minimum Gasteiger partial charge on any atom is -0.343 e. The maximum Gasteiger partial charge on any atom is 0.219 e. The second-order valence-electron chi connectivity index (χ2n) is 8.70. The van der Waals surface area contributed by atoms with Crippen LogP contribution in [0.25, 0.3) is 0 Å². The van der Waals surface area contributed by atoms with Gasteiger partial charge in [0.05, 0.1) is 0 Å². The van der Waals surface area contributed by atoms with Crippen LogP contribution >= 0.6 is 0 Å². The fourth-order valence-corrected chi connectivity index (χ4v) is 4.93. The summed E-state index contributed by atoms with van der Waals surface area (Å²) in [4.78, 5) is 21.2. The monoisotopic (exact) mass is 391 g/mol. The molecule has 2 aliphatic heterocycles. The van der Waals surface area contributed by atoms with Gasteiger partial charge in [-0.3, -0.25) is 9.78 Å². The number of rotatable bonds is 4. The van der Waals surface area contributed by atoms with Crippen molar-refractivity contribution in [1.82, 2.24) is 14.8 Å². The van der Waals surface area contributed by atoms with Crippen molar-refractivity contribution in [2.24, 2.45) is 0 Å². The number of carbonyl (C=O) groups is 1. The first-order chi connectivity index (χ1) is 14.1. The van der Waals surface area contributed by atoms with E-state index in [0.717, 1.165) is 45.4 Å². The van der Waals surface area contributed by atoms with Gasteiger partial charge in [-0.15, -0.1) is 0 Å². The van der Waals surface area contributed by atoms with Crippen LogP contribution in [-0.4, -0.2) is 52.9 Å². The summed E-state index contributed by atoms with van der Waals surface area (Å²) < 4.78 is 0. The fraction of sp³-hybridized carbons (Fsp3) is 0.520. The van der Waals surface area contributed by atoms with Gasteiger partial charge in [-0.2, -0.15) is 0 Å². The standard InChI is InChI=1S/C25H33N3O/c1-19-6-3-4-7-22(19)18-23-8-5-9-25(26-23)21-10-14-28(15-11-21)24-12-16-27(17-13-24)20(2)29/h3-9,21,24H,10-18H2,1-2H3. The zero-order chi connectivity index (χ0) is 20.2. The molecule has 4 rings (SSSR count). The normalized spacial score (nSPS) is 19.4. The van der Waals surface area contributed by atoms with Crippen LogP contribution < -0.4 is 0 Å². The molecule has 29 heavy (non-hydrogen) atoms. The number of amides is 1. The van der Waals surface area contributed by atoms with Gasteiger partial charge in [-0.1, -0.05) is 30.3 Å². The molecule has 2 fully saturated rings. The van der Waals surface area contributed by atoms with Gasteiger partial charge in [0.2, 0.25) is 5.91 Å². The predicted octanol–water partition coefficient (Wildman–Crippen LogP) is 4.17. The average Bonchev–Trinajstić information content (AvgIpc) is 2.76. The first kappa shape index (κ1) is 20.1. The van der Waals surface area contributed by atoms with Crippen LogP contribution in [0.4, 0.5) is 0 Å². The van der Waals surface area contributed by atoms with E-state index in [2.05, 4.69) is 54.3 Å². The molecule has 1 aromatic carbocycles. The summed E-state index contributed by atoms with van der Waals surface area (Å²) >= 11 is 0. The van der Waals surface area contributed by atoms with Gasteiger partial charge >= 0.3 is 0 Å². The van der Waals surface area contributed by atoms with Crippen LogP contribution in [0.5, 0.6) is 0 Å². The predicted molar refractivity (Wildman–Crippen MR) is 117 cm³/mol.